The van der Waals surface area contributed by atoms with E-state index in [9.17, 15) is 0 Å². The highest BCUT2D eigenvalue weighted by atomic mass is 14.3. The Balaban J connectivity index is 1.16. The van der Waals surface area contributed by atoms with Crippen LogP contribution >= 0.6 is 0 Å². The van der Waals surface area contributed by atoms with Crippen LogP contribution in [-0.4, -0.2) is 0 Å². The number of benzene rings is 14. The van der Waals surface area contributed by atoms with Gasteiger partial charge in [-0.15, -0.1) is 0 Å². The monoisotopic (exact) mass is 754 g/mol. The van der Waals surface area contributed by atoms with Crippen molar-refractivity contribution in [2.75, 3.05) is 0 Å². The molecular weight excluding hydrogens is 721 g/mol. The molecule has 14 rings (SSSR count). The van der Waals surface area contributed by atoms with Crippen LogP contribution in [0.25, 0.3) is 141 Å². The SMILES string of the molecule is c1ccc2c(c1)cc(-c1ccc3c(-c4ccc5ccc6cccc7ccc4c5c67)c4ccccc4c(-c4ccc5ccc6cccc7ccc4c5c67)c3c1)c1ccccc12. The van der Waals surface area contributed by atoms with Crippen LogP contribution in [0.15, 0.2) is 206 Å². The van der Waals surface area contributed by atoms with Crippen molar-refractivity contribution in [3.8, 4) is 33.4 Å². The van der Waals surface area contributed by atoms with Crippen LogP contribution in [0.2, 0.25) is 0 Å². The van der Waals surface area contributed by atoms with Gasteiger partial charge in [-0.1, -0.05) is 194 Å². The number of hydrogen-bond donors (Lipinski definition) is 0. The van der Waals surface area contributed by atoms with Gasteiger partial charge in [-0.3, -0.25) is 0 Å². The normalized spacial score (nSPS) is 12.3. The van der Waals surface area contributed by atoms with Crippen molar-refractivity contribution in [3.63, 3.8) is 0 Å². The van der Waals surface area contributed by atoms with E-state index in [0.29, 0.717) is 0 Å². The first-order valence-corrected chi connectivity index (χ1v) is 21.0. The Morgan fingerprint density at radius 1 is 0.183 bits per heavy atom. The first-order chi connectivity index (χ1) is 29.8. The molecule has 0 unspecified atom stereocenters. The third-order valence-corrected chi connectivity index (χ3v) is 13.7. The van der Waals surface area contributed by atoms with Gasteiger partial charge in [-0.05, 0) is 153 Å². The van der Waals surface area contributed by atoms with Crippen LogP contribution in [0.5, 0.6) is 0 Å². The third-order valence-electron chi connectivity index (χ3n) is 13.7. The molecule has 14 aromatic carbocycles. The average Bonchev–Trinajstić information content (AvgIpc) is 3.31. The van der Waals surface area contributed by atoms with Crippen molar-refractivity contribution >= 4 is 108 Å². The minimum absolute atomic E-state index is 1.22. The van der Waals surface area contributed by atoms with Crippen molar-refractivity contribution in [1.29, 1.82) is 0 Å². The Hall–Kier alpha value is -7.80. The standard InChI is InChI=1S/C60H34/c1-2-14-43-41(9-1)33-53(45-16-4-3-15-44(43)45)42-27-32-52-54(34-42)60(51-31-26-40-22-20-36-11-8-13-38-24-29-49(51)58(40)56(36)38)47-18-6-5-17-46(47)59(52)50-30-25-39-21-19-35-10-7-12-37-23-28-48(50)57(39)55(35)37/h1-34H. The molecule has 0 aliphatic rings. The van der Waals surface area contributed by atoms with Gasteiger partial charge in [0.25, 0.3) is 0 Å². The van der Waals surface area contributed by atoms with Gasteiger partial charge >= 0.3 is 0 Å². The number of rotatable bonds is 3. The Morgan fingerprint density at radius 3 is 1.17 bits per heavy atom. The van der Waals surface area contributed by atoms with Crippen molar-refractivity contribution < 1.29 is 0 Å². The number of hydrogen-bond acceptors (Lipinski definition) is 0. The van der Waals surface area contributed by atoms with Crippen LogP contribution in [0, 0.1) is 0 Å². The summed E-state index contributed by atoms with van der Waals surface area (Å²) in [6, 6.07) is 77.9. The lowest BCUT2D eigenvalue weighted by Crippen LogP contribution is -1.94. The smallest absolute Gasteiger partial charge is 0.00199 e. The highest BCUT2D eigenvalue weighted by Gasteiger charge is 2.23. The van der Waals surface area contributed by atoms with E-state index in [-0.39, 0.29) is 0 Å². The lowest BCUT2D eigenvalue weighted by Gasteiger charge is -2.22. The van der Waals surface area contributed by atoms with E-state index in [2.05, 4.69) is 206 Å². The van der Waals surface area contributed by atoms with Crippen molar-refractivity contribution in [1.82, 2.24) is 0 Å². The molecule has 0 saturated heterocycles. The van der Waals surface area contributed by atoms with Gasteiger partial charge in [0.05, 0.1) is 0 Å². The highest BCUT2D eigenvalue weighted by Crippen LogP contribution is 2.50. The molecule has 0 aliphatic carbocycles. The van der Waals surface area contributed by atoms with Crippen LogP contribution in [0.3, 0.4) is 0 Å². The minimum atomic E-state index is 1.22. The Bertz CT molecular complexity index is 4080. The summed E-state index contributed by atoms with van der Waals surface area (Å²) < 4.78 is 0. The fourth-order valence-electron chi connectivity index (χ4n) is 11.1. The molecular formula is C60H34. The molecule has 0 nitrogen and oxygen atoms in total. The quantitative estimate of drug-likeness (QED) is 0.124. The highest BCUT2D eigenvalue weighted by molar-refractivity contribution is 6.32. The lowest BCUT2D eigenvalue weighted by molar-refractivity contribution is 1.68. The zero-order valence-corrected chi connectivity index (χ0v) is 32.6. The van der Waals surface area contributed by atoms with E-state index in [1.807, 2.05) is 0 Å². The van der Waals surface area contributed by atoms with Crippen LogP contribution in [-0.2, 0) is 0 Å². The molecule has 0 fully saturated rings. The summed E-state index contributed by atoms with van der Waals surface area (Å²) in [5.74, 6) is 0. The average molecular weight is 755 g/mol. The molecule has 0 spiro atoms. The van der Waals surface area contributed by atoms with Crippen LogP contribution in [0.1, 0.15) is 0 Å². The zero-order chi connectivity index (χ0) is 39.1. The van der Waals surface area contributed by atoms with Gasteiger partial charge in [0, 0.05) is 0 Å². The number of fused-ring (bicyclic) bond motifs is 5. The van der Waals surface area contributed by atoms with E-state index in [1.165, 1.54) is 141 Å². The van der Waals surface area contributed by atoms with E-state index >= 15 is 0 Å². The predicted octanol–water partition coefficient (Wildman–Crippen LogP) is 17.1. The van der Waals surface area contributed by atoms with Crippen molar-refractivity contribution in [2.24, 2.45) is 0 Å². The van der Waals surface area contributed by atoms with Crippen molar-refractivity contribution in [2.45, 2.75) is 0 Å². The molecule has 0 bridgehead atoms. The van der Waals surface area contributed by atoms with E-state index in [0.717, 1.165) is 0 Å². The fraction of sp³-hybridized carbons (Fsp3) is 0. The second-order valence-corrected chi connectivity index (χ2v) is 16.7. The van der Waals surface area contributed by atoms with Crippen LogP contribution in [0.4, 0.5) is 0 Å². The largest absolute Gasteiger partial charge is 0.0616 e. The molecule has 0 atom stereocenters. The van der Waals surface area contributed by atoms with Gasteiger partial charge in [0.1, 0.15) is 0 Å². The Morgan fingerprint density at radius 2 is 0.583 bits per heavy atom. The first-order valence-electron chi connectivity index (χ1n) is 21.0. The van der Waals surface area contributed by atoms with E-state index in [1.54, 1.807) is 0 Å². The van der Waals surface area contributed by atoms with Crippen LogP contribution < -0.4 is 0 Å². The summed E-state index contributed by atoms with van der Waals surface area (Å²) in [7, 11) is 0. The summed E-state index contributed by atoms with van der Waals surface area (Å²) in [4.78, 5) is 0. The maximum atomic E-state index is 2.51. The summed E-state index contributed by atoms with van der Waals surface area (Å²) in [5, 5.41) is 25.8. The molecule has 0 aromatic heterocycles. The molecule has 0 radical (unpaired) electrons. The summed E-state index contributed by atoms with van der Waals surface area (Å²) in [6.45, 7) is 0. The summed E-state index contributed by atoms with van der Waals surface area (Å²) in [6.07, 6.45) is 0. The fourth-order valence-corrected chi connectivity index (χ4v) is 11.1. The second kappa shape index (κ2) is 11.9. The summed E-state index contributed by atoms with van der Waals surface area (Å²) in [5.41, 5.74) is 7.59. The van der Waals surface area contributed by atoms with E-state index < -0.39 is 0 Å². The van der Waals surface area contributed by atoms with Gasteiger partial charge < -0.3 is 0 Å². The lowest BCUT2D eigenvalue weighted by atomic mass is 9.81. The Kier molecular flexibility index (Phi) is 6.38. The van der Waals surface area contributed by atoms with Gasteiger partial charge in [-0.2, -0.15) is 0 Å². The molecule has 60 heavy (non-hydrogen) atoms. The Labute approximate surface area is 345 Å². The predicted molar refractivity (Wildman–Crippen MR) is 260 cm³/mol. The molecule has 274 valence electrons. The molecule has 0 saturated carbocycles. The van der Waals surface area contributed by atoms with E-state index in [4.69, 9.17) is 0 Å². The maximum Gasteiger partial charge on any atom is -0.00199 e. The zero-order valence-electron chi connectivity index (χ0n) is 32.6. The molecule has 14 aromatic rings. The first kappa shape index (κ1) is 32.2. The van der Waals surface area contributed by atoms with Gasteiger partial charge in [-0.25, -0.2) is 0 Å². The third kappa shape index (κ3) is 4.30. The molecule has 0 amide bonds. The molecule has 0 aliphatic heterocycles. The van der Waals surface area contributed by atoms with Crippen molar-refractivity contribution in [3.05, 3.63) is 206 Å². The van der Waals surface area contributed by atoms with Gasteiger partial charge in [0.2, 0.25) is 0 Å². The topological polar surface area (TPSA) is 0 Å². The maximum absolute atomic E-state index is 2.51. The summed E-state index contributed by atoms with van der Waals surface area (Å²) >= 11 is 0. The van der Waals surface area contributed by atoms with Gasteiger partial charge in [0.15, 0.2) is 0 Å². The minimum Gasteiger partial charge on any atom is -0.0616 e. The molecule has 0 heterocycles. The second-order valence-electron chi connectivity index (χ2n) is 16.7. The molecule has 0 heteroatoms. The molecule has 0 N–H and O–H groups in total.